The minimum absolute atomic E-state index is 0.0546. The molecular formula is C26H29N5O. The van der Waals surface area contributed by atoms with Crippen molar-refractivity contribution in [3.8, 4) is 17.2 Å². The Morgan fingerprint density at radius 3 is 2.38 bits per heavy atom. The smallest absolute Gasteiger partial charge is 0.254 e. The molecule has 1 atom stereocenters. The molecule has 6 nitrogen and oxygen atoms in total. The van der Waals surface area contributed by atoms with Crippen molar-refractivity contribution in [2.45, 2.75) is 26.4 Å². The second-order valence-corrected chi connectivity index (χ2v) is 8.59. The summed E-state index contributed by atoms with van der Waals surface area (Å²) in [6.07, 6.45) is 3.72. The molecule has 2 heterocycles. The first kappa shape index (κ1) is 21.8. The minimum Gasteiger partial charge on any atom is -0.336 e. The molecule has 0 bridgehead atoms. The molecule has 4 rings (SSSR count). The molecule has 6 heteroatoms. The molecule has 1 aromatic heterocycles. The summed E-state index contributed by atoms with van der Waals surface area (Å²) in [4.78, 5) is 17.5. The maximum absolute atomic E-state index is 13.4. The molecule has 0 saturated carbocycles. The lowest BCUT2D eigenvalue weighted by Crippen LogP contribution is -2.52. The number of carbonyl (C=O) groups excluding carboxylic acids is 1. The van der Waals surface area contributed by atoms with Gasteiger partial charge in [0.2, 0.25) is 0 Å². The van der Waals surface area contributed by atoms with E-state index in [2.05, 4.69) is 54.2 Å². The maximum atomic E-state index is 13.4. The summed E-state index contributed by atoms with van der Waals surface area (Å²) in [6.45, 7) is 7.60. The number of nitriles is 1. The summed E-state index contributed by atoms with van der Waals surface area (Å²) in [5, 5.41) is 13.7. The molecule has 0 N–H and O–H groups in total. The summed E-state index contributed by atoms with van der Waals surface area (Å²) in [7, 11) is 0. The topological polar surface area (TPSA) is 65.2 Å². The van der Waals surface area contributed by atoms with Crippen molar-refractivity contribution in [1.29, 1.82) is 5.26 Å². The number of hydrogen-bond donors (Lipinski definition) is 0. The van der Waals surface area contributed by atoms with Crippen LogP contribution in [0.25, 0.3) is 11.1 Å². The molecule has 1 aliphatic heterocycles. The third-order valence-corrected chi connectivity index (χ3v) is 6.08. The highest BCUT2D eigenvalue weighted by Crippen LogP contribution is 2.26. The maximum Gasteiger partial charge on any atom is 0.254 e. The van der Waals surface area contributed by atoms with E-state index in [-0.39, 0.29) is 17.9 Å². The average molecular weight is 428 g/mol. The van der Waals surface area contributed by atoms with Crippen molar-refractivity contribution >= 4 is 5.91 Å². The first-order valence-electron chi connectivity index (χ1n) is 11.2. The van der Waals surface area contributed by atoms with E-state index < -0.39 is 0 Å². The monoisotopic (exact) mass is 427 g/mol. The van der Waals surface area contributed by atoms with Gasteiger partial charge in [0.25, 0.3) is 5.91 Å². The van der Waals surface area contributed by atoms with Gasteiger partial charge in [0.1, 0.15) is 6.04 Å². The van der Waals surface area contributed by atoms with E-state index in [0.717, 1.165) is 41.9 Å². The van der Waals surface area contributed by atoms with Gasteiger partial charge in [0, 0.05) is 44.1 Å². The highest BCUT2D eigenvalue weighted by Gasteiger charge is 2.28. The van der Waals surface area contributed by atoms with Gasteiger partial charge in [-0.2, -0.15) is 10.4 Å². The van der Waals surface area contributed by atoms with E-state index >= 15 is 0 Å². The molecular weight excluding hydrogens is 398 g/mol. The number of carbonyl (C=O) groups is 1. The van der Waals surface area contributed by atoms with E-state index in [1.54, 1.807) is 6.20 Å². The molecule has 0 spiro atoms. The molecule has 164 valence electrons. The first-order valence-corrected chi connectivity index (χ1v) is 11.2. The highest BCUT2D eigenvalue weighted by molar-refractivity contribution is 6.01. The Bertz CT molecular complexity index is 1070. The number of hydrogen-bond acceptors (Lipinski definition) is 4. The van der Waals surface area contributed by atoms with Crippen molar-refractivity contribution in [3.05, 3.63) is 78.1 Å². The van der Waals surface area contributed by atoms with Crippen molar-refractivity contribution in [2.24, 2.45) is 5.92 Å². The fourth-order valence-corrected chi connectivity index (χ4v) is 4.32. The lowest BCUT2D eigenvalue weighted by molar-refractivity contribution is 0.0577. The first-order chi connectivity index (χ1) is 15.6. The van der Waals surface area contributed by atoms with Crippen LogP contribution < -0.4 is 0 Å². The third kappa shape index (κ3) is 4.74. The van der Waals surface area contributed by atoms with Gasteiger partial charge in [0.15, 0.2) is 0 Å². The van der Waals surface area contributed by atoms with Crippen molar-refractivity contribution in [2.75, 3.05) is 26.2 Å². The van der Waals surface area contributed by atoms with E-state index in [4.69, 9.17) is 0 Å². The molecule has 1 amide bonds. The normalized spacial score (nSPS) is 15.5. The summed E-state index contributed by atoms with van der Waals surface area (Å²) < 4.78 is 1.89. The third-order valence-electron chi connectivity index (χ3n) is 6.08. The molecule has 1 fully saturated rings. The SMILES string of the molecule is CC(C)C(C#N)N1CCN(C(=O)c2ccccc2-c2ccc(Cn3cccn3)cc2)CC1. The van der Waals surface area contributed by atoms with Crippen LogP contribution in [0.3, 0.4) is 0 Å². The van der Waals surface area contributed by atoms with Crippen LogP contribution in [-0.4, -0.2) is 57.7 Å². The number of aromatic nitrogens is 2. The highest BCUT2D eigenvalue weighted by atomic mass is 16.2. The Kier molecular flexibility index (Phi) is 6.67. The van der Waals surface area contributed by atoms with Crippen LogP contribution in [0.4, 0.5) is 0 Å². The van der Waals surface area contributed by atoms with Gasteiger partial charge in [-0.1, -0.05) is 56.3 Å². The van der Waals surface area contributed by atoms with E-state index in [1.165, 1.54) is 0 Å². The molecule has 1 unspecified atom stereocenters. The van der Waals surface area contributed by atoms with Crippen LogP contribution in [0, 0.1) is 17.2 Å². The zero-order chi connectivity index (χ0) is 22.5. The Labute approximate surface area is 189 Å². The number of nitrogens with zero attached hydrogens (tertiary/aromatic N) is 5. The van der Waals surface area contributed by atoms with Gasteiger partial charge in [-0.25, -0.2) is 0 Å². The molecule has 0 radical (unpaired) electrons. The Morgan fingerprint density at radius 2 is 1.75 bits per heavy atom. The number of amides is 1. The van der Waals surface area contributed by atoms with Crippen molar-refractivity contribution in [1.82, 2.24) is 19.6 Å². The van der Waals surface area contributed by atoms with Crippen molar-refractivity contribution in [3.63, 3.8) is 0 Å². The standard InChI is InChI=1S/C26H29N5O/c1-20(2)25(18-27)29-14-16-30(17-15-29)26(32)24-7-4-3-6-23(24)22-10-8-21(9-11-22)19-31-13-5-12-28-31/h3-13,20,25H,14-17,19H2,1-2H3. The molecule has 2 aromatic carbocycles. The predicted octanol–water partition coefficient (Wildman–Crippen LogP) is 3.90. The number of benzene rings is 2. The lowest BCUT2D eigenvalue weighted by atomic mass is 9.97. The predicted molar refractivity (Wildman–Crippen MR) is 125 cm³/mol. The van der Waals surface area contributed by atoms with E-state index in [9.17, 15) is 10.1 Å². The quantitative estimate of drug-likeness (QED) is 0.598. The minimum atomic E-state index is -0.0974. The van der Waals surface area contributed by atoms with E-state index in [0.29, 0.717) is 13.1 Å². The summed E-state index contributed by atoms with van der Waals surface area (Å²) in [5.41, 5.74) is 3.86. The zero-order valence-corrected chi connectivity index (χ0v) is 18.7. The van der Waals surface area contributed by atoms with E-state index in [1.807, 2.05) is 46.1 Å². The second-order valence-electron chi connectivity index (χ2n) is 8.59. The average Bonchev–Trinajstić information content (AvgIpc) is 3.33. The summed E-state index contributed by atoms with van der Waals surface area (Å²) >= 11 is 0. The van der Waals surface area contributed by atoms with Gasteiger partial charge in [-0.3, -0.25) is 14.4 Å². The van der Waals surface area contributed by atoms with Gasteiger partial charge in [-0.15, -0.1) is 0 Å². The van der Waals surface area contributed by atoms with Gasteiger partial charge >= 0.3 is 0 Å². The van der Waals surface area contributed by atoms with Crippen LogP contribution >= 0.6 is 0 Å². The second kappa shape index (κ2) is 9.80. The van der Waals surface area contributed by atoms with Crippen LogP contribution in [-0.2, 0) is 6.54 Å². The largest absolute Gasteiger partial charge is 0.336 e. The number of rotatable bonds is 6. The zero-order valence-electron chi connectivity index (χ0n) is 18.7. The molecule has 32 heavy (non-hydrogen) atoms. The van der Waals surface area contributed by atoms with Crippen molar-refractivity contribution < 1.29 is 4.79 Å². The summed E-state index contributed by atoms with van der Waals surface area (Å²) in [6, 6.07) is 20.4. The van der Waals surface area contributed by atoms with Gasteiger partial charge in [0.05, 0.1) is 12.6 Å². The Hall–Kier alpha value is -3.43. The van der Waals surface area contributed by atoms with Crippen LogP contribution in [0.1, 0.15) is 29.8 Å². The fourth-order valence-electron chi connectivity index (χ4n) is 4.32. The Balaban J connectivity index is 1.48. The molecule has 1 saturated heterocycles. The number of piperazine rings is 1. The van der Waals surface area contributed by atoms with Gasteiger partial charge < -0.3 is 4.90 Å². The fraction of sp³-hybridized carbons (Fsp3) is 0.346. The Morgan fingerprint density at radius 1 is 1.03 bits per heavy atom. The van der Waals surface area contributed by atoms with Gasteiger partial charge in [-0.05, 0) is 34.7 Å². The molecule has 3 aromatic rings. The van der Waals surface area contributed by atoms with Crippen LogP contribution in [0.2, 0.25) is 0 Å². The lowest BCUT2D eigenvalue weighted by Gasteiger charge is -2.38. The van der Waals surface area contributed by atoms with Crippen LogP contribution in [0.15, 0.2) is 67.0 Å². The summed E-state index contributed by atoms with van der Waals surface area (Å²) in [5.74, 6) is 0.332. The molecule has 0 aliphatic carbocycles. The van der Waals surface area contributed by atoms with Crippen LogP contribution in [0.5, 0.6) is 0 Å². The molecule has 1 aliphatic rings.